The molecule has 4 rings (SSSR count). The third kappa shape index (κ3) is 3.86. The van der Waals surface area contributed by atoms with Crippen LogP contribution in [-0.4, -0.2) is 28.1 Å². The molecule has 1 aliphatic heterocycles. The number of hydrogen-bond acceptors (Lipinski definition) is 4. The maximum absolute atomic E-state index is 5.48. The molecule has 1 atom stereocenters. The Hall–Kier alpha value is -1.68. The van der Waals surface area contributed by atoms with Crippen LogP contribution in [0.25, 0.3) is 0 Å². The zero-order valence-electron chi connectivity index (χ0n) is 14.4. The minimum absolute atomic E-state index is 0.745. The highest BCUT2D eigenvalue weighted by Gasteiger charge is 2.30. The number of nitrogens with zero attached hydrogens (tertiary/aromatic N) is 3. The van der Waals surface area contributed by atoms with Gasteiger partial charge in [0.2, 0.25) is 5.89 Å². The van der Waals surface area contributed by atoms with Crippen LogP contribution >= 0.6 is 0 Å². The lowest BCUT2D eigenvalue weighted by atomic mass is 9.80. The van der Waals surface area contributed by atoms with E-state index < -0.39 is 0 Å². The van der Waals surface area contributed by atoms with Crippen molar-refractivity contribution in [2.45, 2.75) is 51.5 Å². The molecule has 1 saturated carbocycles. The maximum atomic E-state index is 5.48. The van der Waals surface area contributed by atoms with Crippen molar-refractivity contribution in [1.82, 2.24) is 15.0 Å². The lowest BCUT2D eigenvalue weighted by Gasteiger charge is -2.27. The van der Waals surface area contributed by atoms with E-state index >= 15 is 0 Å². The molecule has 128 valence electrons. The second-order valence-corrected chi connectivity index (χ2v) is 7.45. The fourth-order valence-corrected chi connectivity index (χ4v) is 4.39. The van der Waals surface area contributed by atoms with Crippen molar-refractivity contribution in [3.63, 3.8) is 0 Å². The first-order valence-corrected chi connectivity index (χ1v) is 9.44. The summed E-state index contributed by atoms with van der Waals surface area (Å²) >= 11 is 0. The van der Waals surface area contributed by atoms with E-state index in [1.54, 1.807) is 0 Å². The van der Waals surface area contributed by atoms with Crippen molar-refractivity contribution in [1.29, 1.82) is 0 Å². The summed E-state index contributed by atoms with van der Waals surface area (Å²) in [7, 11) is 0. The molecule has 0 amide bonds. The highest BCUT2D eigenvalue weighted by atomic mass is 16.5. The van der Waals surface area contributed by atoms with Gasteiger partial charge >= 0.3 is 0 Å². The first-order chi connectivity index (χ1) is 11.9. The Bertz CT molecular complexity index is 633. The highest BCUT2D eigenvalue weighted by Crippen LogP contribution is 2.35. The van der Waals surface area contributed by atoms with Crippen molar-refractivity contribution in [2.75, 3.05) is 13.1 Å². The second-order valence-electron chi connectivity index (χ2n) is 7.45. The van der Waals surface area contributed by atoms with E-state index in [-0.39, 0.29) is 0 Å². The lowest BCUT2D eigenvalue weighted by molar-refractivity contribution is 0.220. The van der Waals surface area contributed by atoms with Gasteiger partial charge in [-0.25, -0.2) is 0 Å². The van der Waals surface area contributed by atoms with Gasteiger partial charge < -0.3 is 4.52 Å². The molecule has 0 N–H and O–H groups in total. The van der Waals surface area contributed by atoms with Crippen molar-refractivity contribution in [3.8, 4) is 0 Å². The third-order valence-corrected chi connectivity index (χ3v) is 5.70. The molecule has 1 aliphatic carbocycles. The molecule has 2 aromatic rings. The Kier molecular flexibility index (Phi) is 4.93. The van der Waals surface area contributed by atoms with E-state index in [9.17, 15) is 0 Å². The van der Waals surface area contributed by atoms with Gasteiger partial charge in [-0.1, -0.05) is 67.6 Å². The van der Waals surface area contributed by atoms with E-state index in [0.717, 1.165) is 36.5 Å². The van der Waals surface area contributed by atoms with Gasteiger partial charge in [0.1, 0.15) is 0 Å². The Morgan fingerprint density at radius 2 is 1.83 bits per heavy atom. The quantitative estimate of drug-likeness (QED) is 0.831. The van der Waals surface area contributed by atoms with E-state index in [4.69, 9.17) is 4.52 Å². The molecule has 1 saturated heterocycles. The molecule has 1 aromatic carbocycles. The van der Waals surface area contributed by atoms with Crippen molar-refractivity contribution in [3.05, 3.63) is 47.6 Å². The van der Waals surface area contributed by atoms with Gasteiger partial charge in [-0.15, -0.1) is 0 Å². The average molecular weight is 325 g/mol. The van der Waals surface area contributed by atoms with Gasteiger partial charge in [0.15, 0.2) is 5.82 Å². The molecule has 1 unspecified atom stereocenters. The second kappa shape index (κ2) is 7.47. The average Bonchev–Trinajstić information content (AvgIpc) is 3.27. The van der Waals surface area contributed by atoms with Crippen molar-refractivity contribution in [2.24, 2.45) is 11.8 Å². The Morgan fingerprint density at radius 3 is 2.67 bits per heavy atom. The normalized spacial score (nSPS) is 22.9. The zero-order chi connectivity index (χ0) is 16.2. The van der Waals surface area contributed by atoms with E-state index in [0.29, 0.717) is 0 Å². The predicted octanol–water partition coefficient (Wildman–Crippen LogP) is 4.06. The summed E-state index contributed by atoms with van der Waals surface area (Å²) in [5.41, 5.74) is 1.23. The van der Waals surface area contributed by atoms with Gasteiger partial charge in [-0.05, 0) is 30.4 Å². The van der Waals surface area contributed by atoms with Crippen LogP contribution in [0, 0.1) is 11.8 Å². The number of rotatable bonds is 5. The minimum atomic E-state index is 0.745. The molecule has 4 nitrogen and oxygen atoms in total. The molecular formula is C20H27N3O. The fourth-order valence-electron chi connectivity index (χ4n) is 4.39. The van der Waals surface area contributed by atoms with Crippen LogP contribution in [0.4, 0.5) is 0 Å². The number of likely N-dealkylation sites (tertiary alicyclic amines) is 1. The van der Waals surface area contributed by atoms with E-state index in [2.05, 4.69) is 27.2 Å². The summed E-state index contributed by atoms with van der Waals surface area (Å²) in [4.78, 5) is 7.09. The molecule has 2 fully saturated rings. The lowest BCUT2D eigenvalue weighted by Crippen LogP contribution is -2.24. The van der Waals surface area contributed by atoms with Gasteiger partial charge in [-0.3, -0.25) is 4.90 Å². The van der Waals surface area contributed by atoms with Crippen molar-refractivity contribution >= 4 is 0 Å². The van der Waals surface area contributed by atoms with Crippen molar-refractivity contribution < 1.29 is 4.52 Å². The highest BCUT2D eigenvalue weighted by molar-refractivity contribution is 5.18. The summed E-state index contributed by atoms with van der Waals surface area (Å²) in [6.07, 6.45) is 9.30. The molecule has 0 radical (unpaired) electrons. The van der Waals surface area contributed by atoms with Gasteiger partial charge in [0.25, 0.3) is 0 Å². The smallest absolute Gasteiger partial charge is 0.240 e. The van der Waals surface area contributed by atoms with Gasteiger partial charge in [0, 0.05) is 13.0 Å². The largest absolute Gasteiger partial charge is 0.338 e. The zero-order valence-corrected chi connectivity index (χ0v) is 14.4. The standard InChI is InChI=1S/C20H27N3O/c1-3-7-16(8-4-1)13-19-21-20(24-22-19)15-23-12-11-18(14-23)17-9-5-2-6-10-17/h1,3-4,7-8,17-18H,2,5-6,9-15H2. The number of hydrogen-bond donors (Lipinski definition) is 0. The molecule has 0 bridgehead atoms. The molecular weight excluding hydrogens is 298 g/mol. The fraction of sp³-hybridized carbons (Fsp3) is 0.600. The van der Waals surface area contributed by atoms with E-state index in [1.165, 1.54) is 57.2 Å². The summed E-state index contributed by atoms with van der Waals surface area (Å²) in [6, 6.07) is 10.3. The summed E-state index contributed by atoms with van der Waals surface area (Å²) in [6.45, 7) is 3.20. The molecule has 0 spiro atoms. The summed E-state index contributed by atoms with van der Waals surface area (Å²) in [5, 5.41) is 4.15. The predicted molar refractivity (Wildman–Crippen MR) is 93.5 cm³/mol. The van der Waals surface area contributed by atoms with E-state index in [1.807, 2.05) is 18.2 Å². The Balaban J connectivity index is 1.30. The van der Waals surface area contributed by atoms with Crippen LogP contribution in [0.2, 0.25) is 0 Å². The first-order valence-electron chi connectivity index (χ1n) is 9.44. The molecule has 2 aliphatic rings. The summed E-state index contributed by atoms with van der Waals surface area (Å²) in [5.74, 6) is 3.40. The number of benzene rings is 1. The monoisotopic (exact) mass is 325 g/mol. The Labute approximate surface area is 144 Å². The SMILES string of the molecule is c1ccc(Cc2noc(CN3CCC(C4CCCCC4)C3)n2)cc1. The summed E-state index contributed by atoms with van der Waals surface area (Å²) < 4.78 is 5.48. The topological polar surface area (TPSA) is 42.2 Å². The Morgan fingerprint density at radius 1 is 1.00 bits per heavy atom. The molecule has 4 heteroatoms. The van der Waals surface area contributed by atoms with Gasteiger partial charge in [-0.2, -0.15) is 4.98 Å². The first kappa shape index (κ1) is 15.8. The molecule has 1 aromatic heterocycles. The molecule has 24 heavy (non-hydrogen) atoms. The maximum Gasteiger partial charge on any atom is 0.240 e. The third-order valence-electron chi connectivity index (χ3n) is 5.70. The van der Waals surface area contributed by atoms with Crippen LogP contribution in [-0.2, 0) is 13.0 Å². The minimum Gasteiger partial charge on any atom is -0.338 e. The van der Waals surface area contributed by atoms with Crippen LogP contribution in [0.1, 0.15) is 55.8 Å². The van der Waals surface area contributed by atoms with Crippen LogP contribution in [0.3, 0.4) is 0 Å². The van der Waals surface area contributed by atoms with Crippen LogP contribution < -0.4 is 0 Å². The van der Waals surface area contributed by atoms with Crippen LogP contribution in [0.5, 0.6) is 0 Å². The van der Waals surface area contributed by atoms with Gasteiger partial charge in [0.05, 0.1) is 6.54 Å². The molecule has 2 heterocycles. The van der Waals surface area contributed by atoms with Crippen LogP contribution in [0.15, 0.2) is 34.9 Å². The number of aromatic nitrogens is 2.